The number of rotatable bonds is 29. The minimum Gasteiger partial charge on any atom is -0.481 e. The van der Waals surface area contributed by atoms with E-state index >= 15 is 0 Å². The van der Waals surface area contributed by atoms with E-state index in [0.717, 1.165) is 95.6 Å². The maximum atomic E-state index is 13.7. The Morgan fingerprint density at radius 2 is 0.687 bits per heavy atom. The van der Waals surface area contributed by atoms with Gasteiger partial charge in [-0.2, -0.15) is 0 Å². The summed E-state index contributed by atoms with van der Waals surface area (Å²) in [5.41, 5.74) is 29.2. The zero-order valence-corrected chi connectivity index (χ0v) is 83.7. The lowest BCUT2D eigenvalue weighted by Crippen LogP contribution is -2.48. The average molecular weight is 2100 g/mol. The standard InChI is InChI=1S/C22H26F2N2O3.C18H18F2N2O.C17H18F2N2O.C17H20F2N2.C14H17F2NO4.C9H9F2NO2.C8H11N.C7H4F2O.CH4/c1-14(15-8-6-5-7-9-15)25-20(27)13-19(26-21(28)29-22(2,3)4)16-10-11-17(23)18(24)12-16;1-12(13-5-3-2-4-6-13)22-10-9-17(21-18(22)23)14-7-8-15(19)16(20)11-14;1-11(12-5-3-2-4-6-12)21-17(22)10-16(20)13-7-8-14(18)15(19)9-13;1-12(13-5-3-2-4-6-13)21-10-9-17(20)14-7-8-15(18)16(19)11-14;1-14(2,3)21-13(20)17-11(7-12(18)19)8-4-5-9(15)10(16)6-8;10-6-2-1-5(3-7(6)11)8(12)4-9(13)14;1-7(9)8-5-3-2-4-6-8;8-6-2-1-5(4-10)3-7(6)9;/h5-12,14,19H,13H2,1-4H3,(H,25,27)(H,26,28);2-8,11-12,17H,9-10H2,1H3,(H,21,23);2-9,11,16H,10,20H2,1H3,(H,21,22);2-8,11-12,17,21H,9-10,20H2,1H3;4-6,11H,7H2,1-3H3,(H,17,20)(H,18,19);1-3,8H,4,12H2,(H,13,14);2-7H,9H2,1H3;1-4H;1H4/t14-,19?;12-,17?;11-,16?;12-,17?;;;7-;;/m1111..1../s1. The van der Waals surface area contributed by atoms with Crippen molar-refractivity contribution in [1.29, 1.82) is 0 Å². The highest BCUT2D eigenvalue weighted by atomic mass is 19.2. The maximum Gasteiger partial charge on any atom is 0.408 e. The molecule has 0 aliphatic carbocycles. The molecule has 1 saturated heterocycles. The Morgan fingerprint density at radius 1 is 0.373 bits per heavy atom. The molecule has 1 aliphatic heterocycles. The largest absolute Gasteiger partial charge is 0.481 e. The van der Waals surface area contributed by atoms with Crippen LogP contribution in [-0.4, -0.2) is 87.7 Å². The van der Waals surface area contributed by atoms with Crippen LogP contribution in [0.15, 0.2) is 279 Å². The van der Waals surface area contributed by atoms with Crippen molar-refractivity contribution in [3.63, 3.8) is 0 Å². The molecule has 6 unspecified atom stereocenters. The normalized spacial score (nSPS) is 13.8. The third kappa shape index (κ3) is 44.9. The molecule has 12 aromatic carbocycles. The van der Waals surface area contributed by atoms with Crippen LogP contribution in [0.3, 0.4) is 0 Å². The number of hydrogen-bond donors (Lipinski definition) is 12. The molecule has 13 rings (SSSR count). The number of alkyl carbamates (subject to hydrolysis) is 2. The van der Waals surface area contributed by atoms with Crippen LogP contribution >= 0.6 is 0 Å². The summed E-state index contributed by atoms with van der Waals surface area (Å²) >= 11 is 0. The number of nitrogens with two attached hydrogens (primary N) is 4. The molecule has 1 aliphatic rings. The van der Waals surface area contributed by atoms with Crippen molar-refractivity contribution < 1.29 is 120 Å². The summed E-state index contributed by atoms with van der Waals surface area (Å²) in [6.07, 6.45) is -0.785. The lowest BCUT2D eigenvalue weighted by atomic mass is 9.99. The van der Waals surface area contributed by atoms with Gasteiger partial charge in [-0.3, -0.25) is 24.0 Å². The van der Waals surface area contributed by atoms with Gasteiger partial charge in [0.15, 0.2) is 81.4 Å². The van der Waals surface area contributed by atoms with E-state index in [1.165, 1.54) is 59.7 Å². The van der Waals surface area contributed by atoms with Crippen molar-refractivity contribution in [1.82, 2.24) is 36.8 Å². The van der Waals surface area contributed by atoms with Gasteiger partial charge < -0.3 is 79.4 Å². The molecule has 804 valence electrons. The zero-order chi connectivity index (χ0) is 111. The number of aliphatic carboxylic acids is 2. The monoisotopic (exact) mass is 2100 g/mol. The highest BCUT2D eigenvalue weighted by Crippen LogP contribution is 2.32. The van der Waals surface area contributed by atoms with Gasteiger partial charge in [-0.05, 0) is 248 Å². The van der Waals surface area contributed by atoms with E-state index in [-0.39, 0.29) is 109 Å². The fourth-order valence-corrected chi connectivity index (χ4v) is 14.1. The van der Waals surface area contributed by atoms with Crippen molar-refractivity contribution in [2.24, 2.45) is 22.9 Å². The summed E-state index contributed by atoms with van der Waals surface area (Å²) in [6, 6.07) is 67.8. The second-order valence-corrected chi connectivity index (χ2v) is 36.2. The first kappa shape index (κ1) is 125. The predicted octanol–water partition coefficient (Wildman–Crippen LogP) is 24.5. The van der Waals surface area contributed by atoms with Gasteiger partial charge in [0.2, 0.25) is 11.8 Å². The lowest BCUT2D eigenvalue weighted by molar-refractivity contribution is -0.138. The number of amides is 6. The molecule has 0 aromatic heterocycles. The lowest BCUT2D eigenvalue weighted by Gasteiger charge is -2.37. The number of nitrogens with one attached hydrogen (secondary N) is 6. The van der Waals surface area contributed by atoms with Crippen LogP contribution in [0.1, 0.15) is 260 Å². The topological polar surface area (TPSA) is 375 Å². The molecule has 0 spiro atoms. The molecule has 1 heterocycles. The number of carboxylic acid groups (broad SMARTS) is 2. The van der Waals surface area contributed by atoms with Gasteiger partial charge in [-0.1, -0.05) is 195 Å². The van der Waals surface area contributed by atoms with Crippen LogP contribution in [0.5, 0.6) is 0 Å². The van der Waals surface area contributed by atoms with E-state index in [1.807, 2.05) is 167 Å². The number of benzene rings is 12. The molecular formula is C113H127F14N11O12. The van der Waals surface area contributed by atoms with Gasteiger partial charge in [0.1, 0.15) is 17.5 Å². The Kier molecular flexibility index (Phi) is 51.9. The van der Waals surface area contributed by atoms with E-state index < -0.39 is 147 Å². The minimum absolute atomic E-state index is 0. The first-order valence-corrected chi connectivity index (χ1v) is 47.0. The molecule has 6 amide bonds. The number of carbonyl (C=O) groups excluding carboxylic acids is 6. The minimum atomic E-state index is -1.19. The van der Waals surface area contributed by atoms with Crippen molar-refractivity contribution in [3.05, 3.63) is 427 Å². The van der Waals surface area contributed by atoms with Gasteiger partial charge in [0, 0.05) is 48.7 Å². The number of aldehydes is 1. The quantitative estimate of drug-likeness (QED) is 0.0153. The highest BCUT2D eigenvalue weighted by molar-refractivity contribution is 5.80. The Bertz CT molecular complexity index is 6290. The van der Waals surface area contributed by atoms with Crippen LogP contribution in [0.2, 0.25) is 0 Å². The highest BCUT2D eigenvalue weighted by Gasteiger charge is 2.32. The molecule has 0 bridgehead atoms. The van der Waals surface area contributed by atoms with Gasteiger partial charge in [-0.25, -0.2) is 75.8 Å². The Morgan fingerprint density at radius 3 is 1.03 bits per heavy atom. The molecule has 12 aromatic rings. The summed E-state index contributed by atoms with van der Waals surface area (Å²) in [7, 11) is 0. The third-order valence-corrected chi connectivity index (χ3v) is 22.0. The van der Waals surface area contributed by atoms with Gasteiger partial charge in [0.25, 0.3) is 0 Å². The van der Waals surface area contributed by atoms with E-state index in [9.17, 15) is 99.8 Å². The number of urea groups is 1. The molecule has 1 fully saturated rings. The van der Waals surface area contributed by atoms with Gasteiger partial charge in [0.05, 0.1) is 55.5 Å². The molecule has 0 radical (unpaired) electrons. The van der Waals surface area contributed by atoms with E-state index in [2.05, 4.69) is 51.0 Å². The van der Waals surface area contributed by atoms with Crippen molar-refractivity contribution in [3.8, 4) is 0 Å². The molecule has 150 heavy (non-hydrogen) atoms. The second kappa shape index (κ2) is 62.2. The number of halogens is 14. The van der Waals surface area contributed by atoms with Gasteiger partial charge in [-0.15, -0.1) is 0 Å². The number of carbonyl (C=O) groups is 8. The molecule has 37 heteroatoms. The smallest absolute Gasteiger partial charge is 0.408 e. The average Bonchev–Trinajstić information content (AvgIpc) is 0.806. The number of ether oxygens (including phenoxy) is 2. The van der Waals surface area contributed by atoms with E-state index in [0.29, 0.717) is 48.9 Å². The zero-order valence-electron chi connectivity index (χ0n) is 83.7. The second-order valence-electron chi connectivity index (χ2n) is 36.2. The molecule has 23 nitrogen and oxygen atoms in total. The van der Waals surface area contributed by atoms with Crippen molar-refractivity contribution >= 4 is 48.3 Å². The van der Waals surface area contributed by atoms with Crippen molar-refractivity contribution in [2.75, 3.05) is 13.1 Å². The van der Waals surface area contributed by atoms with E-state index in [4.69, 9.17) is 42.6 Å². The number of nitrogens with zero attached hydrogens (tertiary/aromatic N) is 1. The Hall–Kier alpha value is -15.2. The maximum absolute atomic E-state index is 13.7. The van der Waals surface area contributed by atoms with Crippen LogP contribution in [0.25, 0.3) is 0 Å². The third-order valence-electron chi connectivity index (χ3n) is 22.0. The first-order chi connectivity index (χ1) is 70.3. The summed E-state index contributed by atoms with van der Waals surface area (Å²) < 4.78 is 191. The van der Waals surface area contributed by atoms with Crippen LogP contribution in [-0.2, 0) is 28.7 Å². The molecule has 16 N–H and O–H groups in total. The molecule has 0 saturated carbocycles. The van der Waals surface area contributed by atoms with Crippen LogP contribution in [0.4, 0.5) is 75.8 Å². The number of carboxylic acids is 2. The fourth-order valence-electron chi connectivity index (χ4n) is 14.1. The Labute approximate surface area is 863 Å². The molecular weight excluding hydrogens is 1970 g/mol. The summed E-state index contributed by atoms with van der Waals surface area (Å²) in [4.78, 5) is 93.7. The summed E-state index contributed by atoms with van der Waals surface area (Å²) in [5, 5.41) is 34.1. The predicted molar refractivity (Wildman–Crippen MR) is 545 cm³/mol. The Balaban J connectivity index is 0.000000307. The van der Waals surface area contributed by atoms with Crippen molar-refractivity contribution in [2.45, 2.75) is 200 Å². The van der Waals surface area contributed by atoms with Crippen LogP contribution in [0, 0.1) is 81.4 Å². The van der Waals surface area contributed by atoms with E-state index in [1.54, 1.807) is 46.4 Å². The number of hydrogen-bond acceptors (Lipinski definition) is 15. The SMILES string of the molecule is C.CC(C)(C)OC(=O)NC(CC(=O)O)c1ccc(F)c(F)c1.C[C@@H](N)c1ccccc1.C[C@@H](NC(=O)CC(N)c1ccc(F)c(F)c1)c1ccccc1.C[C@@H](NC(=O)CC(NC(=O)OC(C)(C)C)c1ccc(F)c(F)c1)c1ccccc1.C[C@@H](NCCC(N)c1ccc(F)c(F)c1)c1ccccc1.C[C@H](c1ccccc1)N1CCC(c2ccc(F)c(F)c2)NC1=O.NC(CC(=O)O)c1ccc(F)c(F)c1.O=Cc1ccc(F)c(F)c1. The van der Waals surface area contributed by atoms with Crippen LogP contribution < -0.4 is 54.8 Å². The first-order valence-electron chi connectivity index (χ1n) is 47.0. The molecule has 11 atom stereocenters. The fraction of sp³-hybridized carbons (Fsp3) is 0.292. The summed E-state index contributed by atoms with van der Waals surface area (Å²) in [6.45, 7) is 21.1. The van der Waals surface area contributed by atoms with Gasteiger partial charge >= 0.3 is 30.2 Å². The summed E-state index contributed by atoms with van der Waals surface area (Å²) in [5.74, 6) is -16.4.